The summed E-state index contributed by atoms with van der Waals surface area (Å²) in [4.78, 5) is 25.8. The van der Waals surface area contributed by atoms with Crippen LogP contribution >= 0.6 is 0 Å². The van der Waals surface area contributed by atoms with E-state index in [-0.39, 0.29) is 11.8 Å². The Kier molecular flexibility index (Phi) is 6.03. The maximum absolute atomic E-state index is 12.2. The van der Waals surface area contributed by atoms with Crippen LogP contribution in [0.2, 0.25) is 0 Å². The lowest BCUT2D eigenvalue weighted by Crippen LogP contribution is -2.35. The van der Waals surface area contributed by atoms with Crippen LogP contribution < -0.4 is 10.6 Å². The SMILES string of the molecule is CC(C)CC(=O)NCCC(=O)N1CC[C@@H]2CNC[C@@H]2CC1. The molecule has 2 fully saturated rings. The Balaban J connectivity index is 1.67. The summed E-state index contributed by atoms with van der Waals surface area (Å²) >= 11 is 0. The molecule has 2 aliphatic rings. The molecule has 2 N–H and O–H groups in total. The van der Waals surface area contributed by atoms with Crippen molar-refractivity contribution in [1.82, 2.24) is 15.5 Å². The largest absolute Gasteiger partial charge is 0.356 e. The van der Waals surface area contributed by atoms with Crippen molar-refractivity contribution in [3.63, 3.8) is 0 Å². The third kappa shape index (κ3) is 4.99. The van der Waals surface area contributed by atoms with Crippen molar-refractivity contribution >= 4 is 11.8 Å². The van der Waals surface area contributed by atoms with Gasteiger partial charge in [-0.05, 0) is 43.7 Å². The fourth-order valence-corrected chi connectivity index (χ4v) is 3.38. The summed E-state index contributed by atoms with van der Waals surface area (Å²) in [5.41, 5.74) is 0. The third-order valence-electron chi connectivity index (χ3n) is 4.63. The van der Waals surface area contributed by atoms with Crippen molar-refractivity contribution in [2.45, 2.75) is 39.5 Å². The van der Waals surface area contributed by atoms with E-state index in [9.17, 15) is 9.59 Å². The Morgan fingerprint density at radius 2 is 1.81 bits per heavy atom. The van der Waals surface area contributed by atoms with E-state index in [0.29, 0.717) is 25.3 Å². The van der Waals surface area contributed by atoms with Crippen LogP contribution in [0.25, 0.3) is 0 Å². The molecule has 0 spiro atoms. The van der Waals surface area contributed by atoms with Crippen molar-refractivity contribution < 1.29 is 9.59 Å². The van der Waals surface area contributed by atoms with Crippen LogP contribution in [0, 0.1) is 17.8 Å². The second-order valence-corrected chi connectivity index (χ2v) is 6.83. The van der Waals surface area contributed by atoms with Crippen molar-refractivity contribution in [2.75, 3.05) is 32.7 Å². The zero-order valence-corrected chi connectivity index (χ0v) is 13.4. The highest BCUT2D eigenvalue weighted by Crippen LogP contribution is 2.27. The number of hydrogen-bond donors (Lipinski definition) is 2. The van der Waals surface area contributed by atoms with E-state index in [2.05, 4.69) is 10.6 Å². The maximum atomic E-state index is 12.2. The van der Waals surface area contributed by atoms with Crippen LogP contribution in [0.3, 0.4) is 0 Å². The Labute approximate surface area is 127 Å². The molecule has 2 amide bonds. The third-order valence-corrected chi connectivity index (χ3v) is 4.63. The van der Waals surface area contributed by atoms with Gasteiger partial charge < -0.3 is 15.5 Å². The van der Waals surface area contributed by atoms with Crippen molar-refractivity contribution in [2.24, 2.45) is 17.8 Å². The molecule has 0 saturated carbocycles. The van der Waals surface area contributed by atoms with Gasteiger partial charge in [0.25, 0.3) is 0 Å². The summed E-state index contributed by atoms with van der Waals surface area (Å²) in [5.74, 6) is 2.09. The van der Waals surface area contributed by atoms with Crippen molar-refractivity contribution in [3.8, 4) is 0 Å². The van der Waals surface area contributed by atoms with Crippen LogP contribution in [-0.4, -0.2) is 49.4 Å². The van der Waals surface area contributed by atoms with E-state index in [0.717, 1.165) is 50.9 Å². The van der Waals surface area contributed by atoms with Crippen molar-refractivity contribution in [3.05, 3.63) is 0 Å². The van der Waals surface area contributed by atoms with Gasteiger partial charge in [0.05, 0.1) is 0 Å². The highest BCUT2D eigenvalue weighted by atomic mass is 16.2. The number of nitrogens with one attached hydrogen (secondary N) is 2. The number of carbonyl (C=O) groups excluding carboxylic acids is 2. The summed E-state index contributed by atoms with van der Waals surface area (Å²) in [6.07, 6.45) is 3.19. The molecule has 0 radical (unpaired) electrons. The van der Waals surface area contributed by atoms with Gasteiger partial charge >= 0.3 is 0 Å². The average molecular weight is 295 g/mol. The second kappa shape index (κ2) is 7.78. The molecule has 2 rings (SSSR count). The first-order valence-corrected chi connectivity index (χ1v) is 8.31. The fraction of sp³-hybridized carbons (Fsp3) is 0.875. The molecule has 2 atom stereocenters. The molecule has 5 heteroatoms. The van der Waals surface area contributed by atoms with Gasteiger partial charge in [-0.15, -0.1) is 0 Å². The predicted octanol–water partition coefficient (Wildman–Crippen LogP) is 0.997. The van der Waals surface area contributed by atoms with E-state index >= 15 is 0 Å². The minimum Gasteiger partial charge on any atom is -0.356 e. The number of amides is 2. The number of fused-ring (bicyclic) bond motifs is 1. The monoisotopic (exact) mass is 295 g/mol. The number of rotatable bonds is 5. The molecule has 0 bridgehead atoms. The van der Waals surface area contributed by atoms with E-state index in [1.807, 2.05) is 18.7 Å². The van der Waals surface area contributed by atoms with E-state index in [1.165, 1.54) is 0 Å². The highest BCUT2D eigenvalue weighted by molar-refractivity contribution is 5.79. The van der Waals surface area contributed by atoms with Gasteiger partial charge in [-0.25, -0.2) is 0 Å². The van der Waals surface area contributed by atoms with Gasteiger partial charge in [0.15, 0.2) is 0 Å². The van der Waals surface area contributed by atoms with Gasteiger partial charge in [-0.2, -0.15) is 0 Å². The molecule has 2 saturated heterocycles. The molecule has 21 heavy (non-hydrogen) atoms. The zero-order chi connectivity index (χ0) is 15.2. The number of likely N-dealkylation sites (tertiary alicyclic amines) is 1. The van der Waals surface area contributed by atoms with Crippen LogP contribution in [-0.2, 0) is 9.59 Å². The Morgan fingerprint density at radius 3 is 2.38 bits per heavy atom. The molecule has 120 valence electrons. The zero-order valence-electron chi connectivity index (χ0n) is 13.4. The molecule has 0 aromatic heterocycles. The predicted molar refractivity (Wildman–Crippen MR) is 82.7 cm³/mol. The number of carbonyl (C=O) groups is 2. The second-order valence-electron chi connectivity index (χ2n) is 6.83. The molecule has 0 aliphatic carbocycles. The van der Waals surface area contributed by atoms with Gasteiger partial charge in [-0.3, -0.25) is 9.59 Å². The molecular formula is C16H29N3O2. The molecule has 2 aliphatic heterocycles. The van der Waals surface area contributed by atoms with Crippen LogP contribution in [0.1, 0.15) is 39.5 Å². The van der Waals surface area contributed by atoms with Crippen molar-refractivity contribution in [1.29, 1.82) is 0 Å². The molecule has 0 unspecified atom stereocenters. The lowest BCUT2D eigenvalue weighted by atomic mass is 9.92. The first kappa shape index (κ1) is 16.3. The first-order chi connectivity index (χ1) is 10.1. The summed E-state index contributed by atoms with van der Waals surface area (Å²) in [7, 11) is 0. The van der Waals surface area contributed by atoms with Crippen LogP contribution in [0.15, 0.2) is 0 Å². The normalized spacial score (nSPS) is 25.6. The topological polar surface area (TPSA) is 61.4 Å². The average Bonchev–Trinajstić information content (AvgIpc) is 2.76. The lowest BCUT2D eigenvalue weighted by molar-refractivity contribution is -0.131. The Morgan fingerprint density at radius 1 is 1.19 bits per heavy atom. The maximum Gasteiger partial charge on any atom is 0.224 e. The molecule has 0 aromatic carbocycles. The number of hydrogen-bond acceptors (Lipinski definition) is 3. The quantitative estimate of drug-likeness (QED) is 0.795. The highest BCUT2D eigenvalue weighted by Gasteiger charge is 2.31. The fourth-order valence-electron chi connectivity index (χ4n) is 3.38. The Bertz CT molecular complexity index is 357. The lowest BCUT2D eigenvalue weighted by Gasteiger charge is -2.21. The molecule has 2 heterocycles. The smallest absolute Gasteiger partial charge is 0.224 e. The van der Waals surface area contributed by atoms with Gasteiger partial charge in [0, 0.05) is 32.5 Å². The van der Waals surface area contributed by atoms with Gasteiger partial charge in [-0.1, -0.05) is 13.8 Å². The minimum absolute atomic E-state index is 0.0503. The number of nitrogens with zero attached hydrogens (tertiary/aromatic N) is 1. The summed E-state index contributed by atoms with van der Waals surface area (Å²) in [5, 5.41) is 6.29. The van der Waals surface area contributed by atoms with E-state index in [4.69, 9.17) is 0 Å². The van der Waals surface area contributed by atoms with E-state index in [1.54, 1.807) is 0 Å². The minimum atomic E-state index is 0.0503. The standard InChI is InChI=1S/C16H29N3O2/c1-12(2)9-15(20)18-6-3-16(21)19-7-4-13-10-17-11-14(13)5-8-19/h12-14,17H,3-11H2,1-2H3,(H,18,20)/t13-,14+. The van der Waals surface area contributed by atoms with Crippen LogP contribution in [0.5, 0.6) is 0 Å². The molecular weight excluding hydrogens is 266 g/mol. The first-order valence-electron chi connectivity index (χ1n) is 8.31. The summed E-state index contributed by atoms with van der Waals surface area (Å²) in [6, 6.07) is 0. The summed E-state index contributed by atoms with van der Waals surface area (Å²) < 4.78 is 0. The van der Waals surface area contributed by atoms with Crippen LogP contribution in [0.4, 0.5) is 0 Å². The van der Waals surface area contributed by atoms with Gasteiger partial charge in [0.2, 0.25) is 11.8 Å². The Hall–Kier alpha value is -1.10. The summed E-state index contributed by atoms with van der Waals surface area (Å²) in [6.45, 7) is 8.48. The van der Waals surface area contributed by atoms with E-state index < -0.39 is 0 Å². The molecule has 0 aromatic rings. The molecule has 5 nitrogen and oxygen atoms in total. The van der Waals surface area contributed by atoms with Gasteiger partial charge in [0.1, 0.15) is 0 Å².